The highest BCUT2D eigenvalue weighted by atomic mass is 15.1. The van der Waals surface area contributed by atoms with Crippen LogP contribution in [0.3, 0.4) is 0 Å². The Kier molecular flexibility index (Phi) is 2.41. The maximum atomic E-state index is 4.78. The average Bonchev–Trinajstić information content (AvgIpc) is 2.98. The van der Waals surface area contributed by atoms with Gasteiger partial charge in [0, 0.05) is 29.5 Å². The van der Waals surface area contributed by atoms with E-state index in [-0.39, 0.29) is 0 Å². The standard InChI is InChI=1S/C17H16N2/c1-2-6-16-13(5-1)11-14-7-8-15(12-17(14)18-16)19-9-3-4-10-19/h1-2,5-8,11-12H,3-4,9-10H2. The summed E-state index contributed by atoms with van der Waals surface area (Å²) in [5.74, 6) is 0. The van der Waals surface area contributed by atoms with Gasteiger partial charge in [0.05, 0.1) is 11.0 Å². The van der Waals surface area contributed by atoms with Crippen molar-refractivity contribution in [3.63, 3.8) is 0 Å². The summed E-state index contributed by atoms with van der Waals surface area (Å²) in [5.41, 5.74) is 3.49. The molecule has 0 spiro atoms. The van der Waals surface area contributed by atoms with Crippen molar-refractivity contribution in [1.82, 2.24) is 4.98 Å². The molecule has 0 aliphatic carbocycles. The number of pyridine rings is 1. The van der Waals surface area contributed by atoms with E-state index in [0.717, 1.165) is 11.0 Å². The van der Waals surface area contributed by atoms with Gasteiger partial charge in [-0.1, -0.05) is 24.3 Å². The van der Waals surface area contributed by atoms with Gasteiger partial charge in [-0.15, -0.1) is 0 Å². The summed E-state index contributed by atoms with van der Waals surface area (Å²) in [6.07, 6.45) is 2.62. The van der Waals surface area contributed by atoms with E-state index in [2.05, 4.69) is 47.4 Å². The molecule has 2 nitrogen and oxygen atoms in total. The van der Waals surface area contributed by atoms with Crippen molar-refractivity contribution in [3.8, 4) is 0 Å². The lowest BCUT2D eigenvalue weighted by molar-refractivity contribution is 0.949. The Balaban J connectivity index is 1.89. The lowest BCUT2D eigenvalue weighted by Gasteiger charge is -2.17. The molecule has 0 bridgehead atoms. The van der Waals surface area contributed by atoms with Gasteiger partial charge < -0.3 is 4.90 Å². The molecule has 0 saturated carbocycles. The van der Waals surface area contributed by atoms with Crippen LogP contribution in [0, 0.1) is 0 Å². The highest BCUT2D eigenvalue weighted by Gasteiger charge is 2.12. The zero-order valence-corrected chi connectivity index (χ0v) is 10.8. The number of anilines is 1. The second-order valence-electron chi connectivity index (χ2n) is 5.25. The lowest BCUT2D eigenvalue weighted by atomic mass is 10.1. The Hall–Kier alpha value is -2.09. The van der Waals surface area contributed by atoms with Crippen LogP contribution in [-0.2, 0) is 0 Å². The van der Waals surface area contributed by atoms with Gasteiger partial charge in [-0.05, 0) is 37.1 Å². The predicted octanol–water partition coefficient (Wildman–Crippen LogP) is 3.99. The fourth-order valence-electron chi connectivity index (χ4n) is 2.93. The number of para-hydroxylation sites is 1. The molecule has 1 aliphatic heterocycles. The highest BCUT2D eigenvalue weighted by molar-refractivity contribution is 5.93. The number of nitrogens with zero attached hydrogens (tertiary/aromatic N) is 2. The van der Waals surface area contributed by atoms with Crippen LogP contribution in [0.15, 0.2) is 48.5 Å². The Morgan fingerprint density at radius 3 is 2.47 bits per heavy atom. The first-order valence-electron chi connectivity index (χ1n) is 6.95. The van der Waals surface area contributed by atoms with Crippen molar-refractivity contribution in [1.29, 1.82) is 0 Å². The monoisotopic (exact) mass is 248 g/mol. The van der Waals surface area contributed by atoms with Gasteiger partial charge >= 0.3 is 0 Å². The zero-order chi connectivity index (χ0) is 12.7. The van der Waals surface area contributed by atoms with Crippen LogP contribution in [0.25, 0.3) is 21.8 Å². The third-order valence-corrected chi connectivity index (χ3v) is 3.97. The van der Waals surface area contributed by atoms with Gasteiger partial charge in [0.15, 0.2) is 0 Å². The van der Waals surface area contributed by atoms with Crippen molar-refractivity contribution in [2.45, 2.75) is 12.8 Å². The van der Waals surface area contributed by atoms with E-state index in [9.17, 15) is 0 Å². The number of hydrogen-bond donors (Lipinski definition) is 0. The van der Waals surface area contributed by atoms with E-state index in [1.54, 1.807) is 0 Å². The van der Waals surface area contributed by atoms with Gasteiger partial charge in [-0.2, -0.15) is 0 Å². The lowest BCUT2D eigenvalue weighted by Crippen LogP contribution is -2.17. The summed E-state index contributed by atoms with van der Waals surface area (Å²) in [4.78, 5) is 7.24. The largest absolute Gasteiger partial charge is 0.371 e. The first-order valence-corrected chi connectivity index (χ1v) is 6.95. The molecule has 0 radical (unpaired) electrons. The smallest absolute Gasteiger partial charge is 0.0730 e. The van der Waals surface area contributed by atoms with Crippen LogP contribution >= 0.6 is 0 Å². The fourth-order valence-corrected chi connectivity index (χ4v) is 2.93. The second-order valence-corrected chi connectivity index (χ2v) is 5.25. The minimum atomic E-state index is 1.08. The van der Waals surface area contributed by atoms with E-state index in [1.165, 1.54) is 42.4 Å². The first-order chi connectivity index (χ1) is 9.40. The molecular weight excluding hydrogens is 232 g/mol. The molecular formula is C17H16N2. The summed E-state index contributed by atoms with van der Waals surface area (Å²) in [6.45, 7) is 2.36. The maximum absolute atomic E-state index is 4.78. The molecule has 94 valence electrons. The van der Waals surface area contributed by atoms with Crippen molar-refractivity contribution in [2.24, 2.45) is 0 Å². The van der Waals surface area contributed by atoms with E-state index < -0.39 is 0 Å². The molecule has 0 atom stereocenters. The van der Waals surface area contributed by atoms with Crippen LogP contribution in [0.2, 0.25) is 0 Å². The van der Waals surface area contributed by atoms with E-state index >= 15 is 0 Å². The molecule has 3 aromatic rings. The highest BCUT2D eigenvalue weighted by Crippen LogP contribution is 2.26. The summed E-state index contributed by atoms with van der Waals surface area (Å²) >= 11 is 0. The molecule has 2 heteroatoms. The number of aromatic nitrogens is 1. The van der Waals surface area contributed by atoms with Crippen LogP contribution in [0.5, 0.6) is 0 Å². The number of hydrogen-bond acceptors (Lipinski definition) is 2. The van der Waals surface area contributed by atoms with Gasteiger partial charge in [-0.3, -0.25) is 0 Å². The number of benzene rings is 2. The van der Waals surface area contributed by atoms with Crippen molar-refractivity contribution in [2.75, 3.05) is 18.0 Å². The molecule has 2 aromatic carbocycles. The van der Waals surface area contributed by atoms with Gasteiger partial charge in [0.1, 0.15) is 0 Å². The van der Waals surface area contributed by atoms with Crippen LogP contribution in [0.4, 0.5) is 5.69 Å². The first kappa shape index (κ1) is 10.8. The fraction of sp³-hybridized carbons (Fsp3) is 0.235. The maximum Gasteiger partial charge on any atom is 0.0730 e. The summed E-state index contributed by atoms with van der Waals surface area (Å²) in [5, 5.41) is 2.44. The quantitative estimate of drug-likeness (QED) is 0.605. The minimum Gasteiger partial charge on any atom is -0.371 e. The Morgan fingerprint density at radius 2 is 1.58 bits per heavy atom. The summed E-state index contributed by atoms with van der Waals surface area (Å²) in [7, 11) is 0. The normalized spacial score (nSPS) is 15.5. The van der Waals surface area contributed by atoms with Crippen molar-refractivity contribution in [3.05, 3.63) is 48.5 Å². The Morgan fingerprint density at radius 1 is 0.789 bits per heavy atom. The third-order valence-electron chi connectivity index (χ3n) is 3.97. The van der Waals surface area contributed by atoms with Crippen LogP contribution in [-0.4, -0.2) is 18.1 Å². The topological polar surface area (TPSA) is 16.1 Å². The second kappa shape index (κ2) is 4.23. The molecule has 1 saturated heterocycles. The molecule has 19 heavy (non-hydrogen) atoms. The Labute approximate surface area is 112 Å². The number of rotatable bonds is 1. The predicted molar refractivity (Wildman–Crippen MR) is 80.7 cm³/mol. The molecule has 1 aliphatic rings. The van der Waals surface area contributed by atoms with Crippen LogP contribution < -0.4 is 4.90 Å². The molecule has 1 fully saturated rings. The SMILES string of the molecule is c1ccc2nc3cc(N4CCCC4)ccc3cc2c1. The summed E-state index contributed by atoms with van der Waals surface area (Å²) < 4.78 is 0. The number of fused-ring (bicyclic) bond motifs is 2. The molecule has 1 aromatic heterocycles. The van der Waals surface area contributed by atoms with E-state index in [1.807, 2.05) is 6.07 Å². The molecule has 0 unspecified atom stereocenters. The zero-order valence-electron chi connectivity index (χ0n) is 10.8. The summed E-state index contributed by atoms with van der Waals surface area (Å²) in [6, 6.07) is 17.2. The molecule has 4 rings (SSSR count). The van der Waals surface area contributed by atoms with Crippen molar-refractivity contribution < 1.29 is 0 Å². The van der Waals surface area contributed by atoms with Gasteiger partial charge in [0.25, 0.3) is 0 Å². The Bertz CT molecular complexity index is 742. The van der Waals surface area contributed by atoms with Crippen LogP contribution in [0.1, 0.15) is 12.8 Å². The van der Waals surface area contributed by atoms with Gasteiger partial charge in [0.2, 0.25) is 0 Å². The molecule has 0 N–H and O–H groups in total. The van der Waals surface area contributed by atoms with E-state index in [0.29, 0.717) is 0 Å². The minimum absolute atomic E-state index is 1.08. The van der Waals surface area contributed by atoms with Gasteiger partial charge in [-0.25, -0.2) is 4.98 Å². The van der Waals surface area contributed by atoms with Crippen molar-refractivity contribution >= 4 is 27.5 Å². The van der Waals surface area contributed by atoms with E-state index in [4.69, 9.17) is 4.98 Å². The molecule has 2 heterocycles. The molecule has 0 amide bonds. The third kappa shape index (κ3) is 1.84. The average molecular weight is 248 g/mol.